The first-order valence-corrected chi connectivity index (χ1v) is 9.60. The van der Waals surface area contributed by atoms with Crippen molar-refractivity contribution >= 4 is 23.2 Å². The van der Waals surface area contributed by atoms with Gasteiger partial charge in [0.1, 0.15) is 11.8 Å². The van der Waals surface area contributed by atoms with E-state index < -0.39 is 0 Å². The summed E-state index contributed by atoms with van der Waals surface area (Å²) in [5.74, 6) is 0.463. The van der Waals surface area contributed by atoms with E-state index >= 15 is 0 Å². The SMILES string of the molecule is COc1ccc(-c2ccc(=O)n(CCCC(=O)Nc3cc(Cl)ccc3C#N)n2)cc1. The minimum atomic E-state index is -0.270. The van der Waals surface area contributed by atoms with Crippen LogP contribution >= 0.6 is 11.6 Å². The molecule has 152 valence electrons. The zero-order chi connectivity index (χ0) is 21.5. The summed E-state index contributed by atoms with van der Waals surface area (Å²) in [5, 5.41) is 16.6. The molecule has 1 aromatic heterocycles. The summed E-state index contributed by atoms with van der Waals surface area (Å²) in [4.78, 5) is 24.4. The smallest absolute Gasteiger partial charge is 0.266 e. The molecule has 0 atom stereocenters. The van der Waals surface area contributed by atoms with Crippen LogP contribution in [0.2, 0.25) is 5.02 Å². The lowest BCUT2D eigenvalue weighted by molar-refractivity contribution is -0.116. The number of carbonyl (C=O) groups excluding carboxylic acids is 1. The predicted molar refractivity (Wildman–Crippen MR) is 115 cm³/mol. The minimum Gasteiger partial charge on any atom is -0.497 e. The number of nitrogens with one attached hydrogen (secondary N) is 1. The number of amides is 1. The molecular formula is C22H19ClN4O3. The molecule has 0 aliphatic carbocycles. The van der Waals surface area contributed by atoms with Crippen LogP contribution in [-0.4, -0.2) is 22.8 Å². The van der Waals surface area contributed by atoms with E-state index in [0.717, 1.165) is 11.3 Å². The van der Waals surface area contributed by atoms with Crippen LogP contribution in [0.1, 0.15) is 18.4 Å². The summed E-state index contributed by atoms with van der Waals surface area (Å²) in [6.45, 7) is 0.289. The highest BCUT2D eigenvalue weighted by Crippen LogP contribution is 2.21. The lowest BCUT2D eigenvalue weighted by Crippen LogP contribution is -2.23. The first-order valence-electron chi connectivity index (χ1n) is 9.22. The van der Waals surface area contributed by atoms with Gasteiger partial charge in [0.15, 0.2) is 0 Å². The molecule has 0 fully saturated rings. The van der Waals surface area contributed by atoms with Crippen molar-refractivity contribution in [3.05, 3.63) is 75.5 Å². The first-order chi connectivity index (χ1) is 14.5. The topological polar surface area (TPSA) is 97.0 Å². The number of methoxy groups -OCH3 is 1. The molecule has 30 heavy (non-hydrogen) atoms. The molecular weight excluding hydrogens is 404 g/mol. The van der Waals surface area contributed by atoms with Gasteiger partial charge in [0.05, 0.1) is 24.1 Å². The van der Waals surface area contributed by atoms with Crippen molar-refractivity contribution in [3.63, 3.8) is 0 Å². The summed E-state index contributed by atoms with van der Waals surface area (Å²) < 4.78 is 6.49. The highest BCUT2D eigenvalue weighted by molar-refractivity contribution is 6.31. The number of aryl methyl sites for hydroxylation is 1. The van der Waals surface area contributed by atoms with Crippen LogP contribution in [0, 0.1) is 11.3 Å². The Bertz CT molecular complexity index is 1150. The molecule has 0 saturated carbocycles. The van der Waals surface area contributed by atoms with Crippen molar-refractivity contribution in [2.75, 3.05) is 12.4 Å². The lowest BCUT2D eigenvalue weighted by Gasteiger charge is -2.09. The Morgan fingerprint density at radius 2 is 1.97 bits per heavy atom. The first kappa shape index (κ1) is 21.1. The third kappa shape index (κ3) is 5.25. The Morgan fingerprint density at radius 3 is 2.67 bits per heavy atom. The van der Waals surface area contributed by atoms with Gasteiger partial charge in [0.2, 0.25) is 5.91 Å². The summed E-state index contributed by atoms with van der Waals surface area (Å²) in [6.07, 6.45) is 0.575. The van der Waals surface area contributed by atoms with Crippen molar-refractivity contribution in [3.8, 4) is 23.1 Å². The van der Waals surface area contributed by atoms with E-state index in [1.165, 1.54) is 16.8 Å². The molecule has 1 heterocycles. The maximum atomic E-state index is 12.2. The van der Waals surface area contributed by atoms with Crippen LogP contribution in [0.4, 0.5) is 5.69 Å². The second-order valence-electron chi connectivity index (χ2n) is 6.46. The number of nitriles is 1. The van der Waals surface area contributed by atoms with E-state index in [0.29, 0.717) is 28.4 Å². The average Bonchev–Trinajstić information content (AvgIpc) is 2.75. The second-order valence-corrected chi connectivity index (χ2v) is 6.90. The van der Waals surface area contributed by atoms with Gasteiger partial charge in [-0.25, -0.2) is 4.68 Å². The third-order valence-electron chi connectivity index (χ3n) is 4.40. The lowest BCUT2D eigenvalue weighted by atomic mass is 10.1. The average molecular weight is 423 g/mol. The number of hydrogen-bond acceptors (Lipinski definition) is 5. The number of nitrogens with zero attached hydrogens (tertiary/aromatic N) is 3. The maximum absolute atomic E-state index is 12.2. The Kier molecular flexibility index (Phi) is 6.83. The molecule has 0 bridgehead atoms. The van der Waals surface area contributed by atoms with E-state index in [2.05, 4.69) is 10.4 Å². The summed E-state index contributed by atoms with van der Waals surface area (Å²) in [5.41, 5.74) is 1.96. The van der Waals surface area contributed by atoms with Gasteiger partial charge in [-0.2, -0.15) is 10.4 Å². The second kappa shape index (κ2) is 9.72. The molecule has 0 saturated heterocycles. The summed E-state index contributed by atoms with van der Waals surface area (Å²) in [6, 6.07) is 17.2. The quantitative estimate of drug-likeness (QED) is 0.623. The highest BCUT2D eigenvalue weighted by Gasteiger charge is 2.09. The Balaban J connectivity index is 1.63. The number of halogens is 1. The van der Waals surface area contributed by atoms with Gasteiger partial charge in [-0.05, 0) is 55.0 Å². The van der Waals surface area contributed by atoms with E-state index in [1.807, 2.05) is 30.3 Å². The Morgan fingerprint density at radius 1 is 1.20 bits per heavy atom. The third-order valence-corrected chi connectivity index (χ3v) is 4.64. The molecule has 3 aromatic rings. The fourth-order valence-electron chi connectivity index (χ4n) is 2.84. The standard InChI is InChI=1S/C22H19ClN4O3/c1-30-18-8-5-15(6-9-18)19-10-11-22(29)27(26-19)12-2-3-21(28)25-20-13-17(23)7-4-16(20)14-24/h4-11,13H,2-3,12H2,1H3,(H,25,28). The molecule has 8 heteroatoms. The molecule has 0 aliphatic rings. The highest BCUT2D eigenvalue weighted by atomic mass is 35.5. The fraction of sp³-hybridized carbons (Fsp3) is 0.182. The van der Waals surface area contributed by atoms with Crippen molar-refractivity contribution < 1.29 is 9.53 Å². The van der Waals surface area contributed by atoms with Crippen LogP contribution in [0.15, 0.2) is 59.4 Å². The van der Waals surface area contributed by atoms with Crippen molar-refractivity contribution in [1.82, 2.24) is 9.78 Å². The van der Waals surface area contributed by atoms with Gasteiger partial charge < -0.3 is 10.1 Å². The number of carbonyl (C=O) groups is 1. The zero-order valence-electron chi connectivity index (χ0n) is 16.3. The van der Waals surface area contributed by atoms with Crippen LogP contribution in [0.25, 0.3) is 11.3 Å². The summed E-state index contributed by atoms with van der Waals surface area (Å²) >= 11 is 5.93. The Labute approximate surface area is 178 Å². The molecule has 0 unspecified atom stereocenters. The van der Waals surface area contributed by atoms with Crippen molar-refractivity contribution in [2.45, 2.75) is 19.4 Å². The van der Waals surface area contributed by atoms with Gasteiger partial charge in [0.25, 0.3) is 5.56 Å². The number of anilines is 1. The zero-order valence-corrected chi connectivity index (χ0v) is 17.0. The normalized spacial score (nSPS) is 10.3. The van der Waals surface area contributed by atoms with Crippen molar-refractivity contribution in [1.29, 1.82) is 5.26 Å². The molecule has 1 N–H and O–H groups in total. The van der Waals surface area contributed by atoms with Gasteiger partial charge >= 0.3 is 0 Å². The molecule has 3 rings (SSSR count). The van der Waals surface area contributed by atoms with Gasteiger partial charge in [-0.1, -0.05) is 11.6 Å². The largest absolute Gasteiger partial charge is 0.497 e. The predicted octanol–water partition coefficient (Wildman–Crippen LogP) is 3.86. The van der Waals surface area contributed by atoms with Gasteiger partial charge in [0, 0.05) is 29.6 Å². The maximum Gasteiger partial charge on any atom is 0.266 e. The molecule has 0 aliphatic heterocycles. The van der Waals surface area contributed by atoms with Crippen LogP contribution in [0.3, 0.4) is 0 Å². The molecule has 2 aromatic carbocycles. The minimum absolute atomic E-state index is 0.165. The van der Waals surface area contributed by atoms with E-state index in [4.69, 9.17) is 21.6 Å². The van der Waals surface area contributed by atoms with Crippen molar-refractivity contribution in [2.24, 2.45) is 0 Å². The van der Waals surface area contributed by atoms with Crippen LogP contribution < -0.4 is 15.6 Å². The summed E-state index contributed by atoms with van der Waals surface area (Å²) in [7, 11) is 1.59. The fourth-order valence-corrected chi connectivity index (χ4v) is 3.02. The molecule has 7 nitrogen and oxygen atoms in total. The number of ether oxygens (including phenoxy) is 1. The van der Waals surface area contributed by atoms with E-state index in [9.17, 15) is 9.59 Å². The molecule has 1 amide bonds. The number of hydrogen-bond donors (Lipinski definition) is 1. The number of rotatable bonds is 7. The molecule has 0 radical (unpaired) electrons. The van der Waals surface area contributed by atoms with E-state index in [1.54, 1.807) is 25.3 Å². The van der Waals surface area contributed by atoms with Crippen LogP contribution in [0.5, 0.6) is 5.75 Å². The number of benzene rings is 2. The van der Waals surface area contributed by atoms with Crippen LogP contribution in [-0.2, 0) is 11.3 Å². The van der Waals surface area contributed by atoms with Gasteiger partial charge in [-0.3, -0.25) is 9.59 Å². The monoisotopic (exact) mass is 422 g/mol. The van der Waals surface area contributed by atoms with E-state index in [-0.39, 0.29) is 24.4 Å². The molecule has 0 spiro atoms. The van der Waals surface area contributed by atoms with Gasteiger partial charge in [-0.15, -0.1) is 0 Å². The Hall–Kier alpha value is -3.63. The number of aromatic nitrogens is 2.